The summed E-state index contributed by atoms with van der Waals surface area (Å²) >= 11 is 5.69. The van der Waals surface area contributed by atoms with Crippen molar-refractivity contribution in [3.05, 3.63) is 101 Å². The van der Waals surface area contributed by atoms with Crippen LogP contribution in [0.3, 0.4) is 0 Å². The molecule has 172 valence electrons. The molecular formula is C25H19ClF2N4O2. The number of anilines is 1. The van der Waals surface area contributed by atoms with Gasteiger partial charge in [0.2, 0.25) is 11.8 Å². The molecule has 0 saturated carbocycles. The highest BCUT2D eigenvalue weighted by atomic mass is 35.5. The normalized spacial score (nSPS) is 12.1. The number of nitrogens with zero attached hydrogens (tertiary/aromatic N) is 1. The zero-order valence-electron chi connectivity index (χ0n) is 17.7. The van der Waals surface area contributed by atoms with Crippen molar-refractivity contribution in [2.45, 2.75) is 12.5 Å². The molecule has 1 aromatic heterocycles. The molecule has 0 saturated heterocycles. The van der Waals surface area contributed by atoms with Crippen LogP contribution in [0.4, 0.5) is 14.5 Å². The molecule has 0 aliphatic rings. The topological polar surface area (TPSA) is 86.9 Å². The van der Waals surface area contributed by atoms with Gasteiger partial charge in [-0.1, -0.05) is 41.9 Å². The van der Waals surface area contributed by atoms with Crippen LogP contribution < -0.4 is 10.6 Å². The van der Waals surface area contributed by atoms with Gasteiger partial charge in [0, 0.05) is 29.1 Å². The highest BCUT2D eigenvalue weighted by molar-refractivity contribution is 6.30. The molecule has 1 atom stereocenters. The second kappa shape index (κ2) is 10.3. The van der Waals surface area contributed by atoms with Crippen molar-refractivity contribution in [3.63, 3.8) is 0 Å². The largest absolute Gasteiger partial charge is 0.340 e. The molecule has 3 aromatic carbocycles. The van der Waals surface area contributed by atoms with Gasteiger partial charge >= 0.3 is 0 Å². The number of H-pyrrole nitrogens is 1. The fourth-order valence-electron chi connectivity index (χ4n) is 3.38. The number of rotatable bonds is 7. The number of amides is 2. The summed E-state index contributed by atoms with van der Waals surface area (Å²) in [5, 5.41) is 12.8. The van der Waals surface area contributed by atoms with E-state index in [0.29, 0.717) is 5.69 Å². The molecular weight excluding hydrogens is 462 g/mol. The Hall–Kier alpha value is -4.04. The Morgan fingerprint density at radius 2 is 1.88 bits per heavy atom. The molecule has 1 heterocycles. The summed E-state index contributed by atoms with van der Waals surface area (Å²) in [4.78, 5) is 25.6. The van der Waals surface area contributed by atoms with Crippen LogP contribution in [0.15, 0.2) is 72.9 Å². The monoisotopic (exact) mass is 480 g/mol. The number of aromatic amines is 1. The predicted octanol–water partition coefficient (Wildman–Crippen LogP) is 4.87. The van der Waals surface area contributed by atoms with Crippen molar-refractivity contribution in [1.29, 1.82) is 0 Å². The number of aromatic nitrogens is 2. The SMILES string of the molecule is O=C(C=Cc1c(F)ccc(Cl)c1F)N[C@@H](Cc1ccccc1)C(=O)Nc1ccc2cn[nH]c2c1. The lowest BCUT2D eigenvalue weighted by Crippen LogP contribution is -2.44. The first-order valence-electron chi connectivity index (χ1n) is 10.3. The second-order valence-electron chi connectivity index (χ2n) is 7.50. The molecule has 0 spiro atoms. The van der Waals surface area contributed by atoms with Gasteiger partial charge in [0.25, 0.3) is 0 Å². The number of benzene rings is 3. The number of carbonyl (C=O) groups is 2. The highest BCUT2D eigenvalue weighted by Gasteiger charge is 2.21. The van der Waals surface area contributed by atoms with E-state index in [1.807, 2.05) is 30.3 Å². The summed E-state index contributed by atoms with van der Waals surface area (Å²) in [6, 6.07) is 15.5. The quantitative estimate of drug-likeness (QED) is 0.260. The Kier molecular flexibility index (Phi) is 6.98. The molecule has 2 amide bonds. The zero-order chi connectivity index (χ0) is 24.1. The number of halogens is 3. The van der Waals surface area contributed by atoms with Crippen LogP contribution in [0.1, 0.15) is 11.1 Å². The number of fused-ring (bicyclic) bond motifs is 1. The molecule has 6 nitrogen and oxygen atoms in total. The van der Waals surface area contributed by atoms with Crippen molar-refractivity contribution in [1.82, 2.24) is 15.5 Å². The number of hydrogen-bond acceptors (Lipinski definition) is 3. The maximum Gasteiger partial charge on any atom is 0.247 e. The van der Waals surface area contributed by atoms with Gasteiger partial charge in [0.05, 0.1) is 16.7 Å². The fourth-order valence-corrected chi connectivity index (χ4v) is 3.54. The van der Waals surface area contributed by atoms with Crippen LogP contribution in [0, 0.1) is 11.6 Å². The van der Waals surface area contributed by atoms with Gasteiger partial charge < -0.3 is 10.6 Å². The minimum atomic E-state index is -0.974. The van der Waals surface area contributed by atoms with Crippen molar-refractivity contribution >= 4 is 46.1 Å². The molecule has 4 rings (SSSR count). The van der Waals surface area contributed by atoms with Gasteiger partial charge in [0.15, 0.2) is 5.82 Å². The number of hydrogen-bond donors (Lipinski definition) is 3. The lowest BCUT2D eigenvalue weighted by atomic mass is 10.0. The average Bonchev–Trinajstić information content (AvgIpc) is 3.30. The summed E-state index contributed by atoms with van der Waals surface area (Å²) in [5.41, 5.74) is 1.64. The number of carbonyl (C=O) groups excluding carboxylic acids is 2. The highest BCUT2D eigenvalue weighted by Crippen LogP contribution is 2.22. The van der Waals surface area contributed by atoms with Crippen LogP contribution in [0.25, 0.3) is 17.0 Å². The summed E-state index contributed by atoms with van der Waals surface area (Å²) in [5.74, 6) is -2.99. The fraction of sp³-hybridized carbons (Fsp3) is 0.0800. The Bertz CT molecular complexity index is 1370. The van der Waals surface area contributed by atoms with E-state index in [1.54, 1.807) is 24.4 Å². The minimum absolute atomic E-state index is 0.207. The Balaban J connectivity index is 1.52. The van der Waals surface area contributed by atoms with E-state index in [9.17, 15) is 18.4 Å². The second-order valence-corrected chi connectivity index (χ2v) is 7.91. The molecule has 0 unspecified atom stereocenters. The predicted molar refractivity (Wildman–Crippen MR) is 127 cm³/mol. The average molecular weight is 481 g/mol. The third-order valence-electron chi connectivity index (χ3n) is 5.11. The summed E-state index contributed by atoms with van der Waals surface area (Å²) in [6.07, 6.45) is 3.81. The molecule has 0 aliphatic carbocycles. The van der Waals surface area contributed by atoms with E-state index in [0.717, 1.165) is 40.8 Å². The van der Waals surface area contributed by atoms with Crippen molar-refractivity contribution in [2.75, 3.05) is 5.32 Å². The first-order chi connectivity index (χ1) is 16.4. The molecule has 0 fully saturated rings. The maximum absolute atomic E-state index is 14.1. The summed E-state index contributed by atoms with van der Waals surface area (Å²) < 4.78 is 28.0. The van der Waals surface area contributed by atoms with E-state index >= 15 is 0 Å². The van der Waals surface area contributed by atoms with E-state index in [1.165, 1.54) is 0 Å². The third-order valence-corrected chi connectivity index (χ3v) is 5.40. The zero-order valence-corrected chi connectivity index (χ0v) is 18.4. The van der Waals surface area contributed by atoms with E-state index in [4.69, 9.17) is 11.6 Å². The third kappa shape index (κ3) is 5.47. The summed E-state index contributed by atoms with van der Waals surface area (Å²) in [6.45, 7) is 0. The van der Waals surface area contributed by atoms with Crippen LogP contribution >= 0.6 is 11.6 Å². The van der Waals surface area contributed by atoms with Crippen LogP contribution in [0.5, 0.6) is 0 Å². The van der Waals surface area contributed by atoms with Gasteiger partial charge in [-0.05, 0) is 42.0 Å². The molecule has 34 heavy (non-hydrogen) atoms. The van der Waals surface area contributed by atoms with E-state index < -0.39 is 35.1 Å². The van der Waals surface area contributed by atoms with Gasteiger partial charge in [-0.3, -0.25) is 14.7 Å². The molecule has 0 bridgehead atoms. The summed E-state index contributed by atoms with van der Waals surface area (Å²) in [7, 11) is 0. The van der Waals surface area contributed by atoms with Gasteiger partial charge in [-0.15, -0.1) is 0 Å². The van der Waals surface area contributed by atoms with Crippen molar-refractivity contribution < 1.29 is 18.4 Å². The standard InChI is InChI=1S/C25H19ClF2N4O2/c26-19-9-10-20(27)18(24(19)28)8-11-23(33)31-22(12-15-4-2-1-3-5-15)25(34)30-17-7-6-16-14-29-32-21(16)13-17/h1-11,13-14,22H,12H2,(H,29,32)(H,30,34)(H,31,33)/t22-/m0/s1. The Morgan fingerprint density at radius 1 is 1.09 bits per heavy atom. The molecule has 0 aliphatic heterocycles. The Morgan fingerprint density at radius 3 is 2.68 bits per heavy atom. The number of nitrogens with one attached hydrogen (secondary N) is 3. The first kappa shape index (κ1) is 23.1. The van der Waals surface area contributed by atoms with Crippen LogP contribution in [-0.4, -0.2) is 28.1 Å². The van der Waals surface area contributed by atoms with Crippen molar-refractivity contribution in [3.8, 4) is 0 Å². The van der Waals surface area contributed by atoms with Gasteiger partial charge in [-0.25, -0.2) is 8.78 Å². The van der Waals surface area contributed by atoms with E-state index in [2.05, 4.69) is 20.8 Å². The molecule has 0 radical (unpaired) electrons. The lowest BCUT2D eigenvalue weighted by molar-refractivity contribution is -0.123. The van der Waals surface area contributed by atoms with Crippen LogP contribution in [0.2, 0.25) is 5.02 Å². The van der Waals surface area contributed by atoms with Gasteiger partial charge in [-0.2, -0.15) is 5.10 Å². The van der Waals surface area contributed by atoms with Crippen LogP contribution in [-0.2, 0) is 16.0 Å². The maximum atomic E-state index is 14.1. The van der Waals surface area contributed by atoms with Crippen molar-refractivity contribution in [2.24, 2.45) is 0 Å². The smallest absolute Gasteiger partial charge is 0.247 e. The van der Waals surface area contributed by atoms with E-state index in [-0.39, 0.29) is 11.4 Å². The molecule has 4 aromatic rings. The lowest BCUT2D eigenvalue weighted by Gasteiger charge is -2.18. The Labute approximate surface area is 198 Å². The molecule has 3 N–H and O–H groups in total. The first-order valence-corrected chi connectivity index (χ1v) is 10.7. The van der Waals surface area contributed by atoms with Gasteiger partial charge in [0.1, 0.15) is 11.9 Å². The molecule has 9 heteroatoms. The minimum Gasteiger partial charge on any atom is -0.340 e.